The molecular weight excluding hydrogens is 675 g/mol. The monoisotopic (exact) mass is 731 g/mol. The second-order valence-electron chi connectivity index (χ2n) is 18.3. The van der Waals surface area contributed by atoms with Gasteiger partial charge in [-0.15, -0.1) is 0 Å². The average molecular weight is 732 g/mol. The van der Waals surface area contributed by atoms with Crippen molar-refractivity contribution in [3.05, 3.63) is 114 Å². The number of nitrogens with zero attached hydrogens (tertiary/aromatic N) is 3. The predicted molar refractivity (Wildman–Crippen MR) is 226 cm³/mol. The number of furan rings is 1. The minimum atomic E-state index is -1.70. The number of rotatable bonds is 5. The summed E-state index contributed by atoms with van der Waals surface area (Å²) >= 11 is 0. The van der Waals surface area contributed by atoms with Crippen LogP contribution in [0.1, 0.15) is 105 Å². The first-order valence-corrected chi connectivity index (χ1v) is 24.2. The molecule has 6 aromatic rings. The standard InChI is InChI=1S/C49H57N3OSi/c1-30(2)26-36-28-42-39-19-13-12-18-38(39)40-23-22-37-32(4)50-47-41-20-14-15-21-44(41)53-49(47)46(37)43-27-35(31(3)34-16-10-9-11-17-34)24-25-51(43)33(5)48(40)52(42)29-45(36)54(6,7)8/h12-15,18-21,24-25,27-31,34,40,48H,5,9-11,16-17,22-23,26H2,1-4,6-8H3/q+2. The SMILES string of the molecule is C=C1C2C(CCc3c(C)nc4c(oc5ccccc54)c3-c3cc(C(C)C4CCCCC4)cc[n+]31)c1ccccc1-c1cc(CC(C)C)c([Si](C)(C)C)c[n+]12. The molecule has 3 aliphatic rings. The molecule has 0 amide bonds. The molecule has 4 nitrogen and oxygen atoms in total. The zero-order valence-corrected chi connectivity index (χ0v) is 34.5. The van der Waals surface area contributed by atoms with E-state index < -0.39 is 8.07 Å². The molecule has 9 rings (SSSR count). The van der Waals surface area contributed by atoms with Crippen LogP contribution < -0.4 is 14.3 Å². The lowest BCUT2D eigenvalue weighted by molar-refractivity contribution is -0.726. The Morgan fingerprint density at radius 1 is 0.907 bits per heavy atom. The normalized spacial score (nSPS) is 19.4. The van der Waals surface area contributed by atoms with Crippen LogP contribution in [0.4, 0.5) is 0 Å². The summed E-state index contributed by atoms with van der Waals surface area (Å²) in [5.74, 6) is 2.04. The molecule has 2 aliphatic heterocycles. The van der Waals surface area contributed by atoms with Gasteiger partial charge in [0, 0.05) is 40.0 Å². The van der Waals surface area contributed by atoms with Gasteiger partial charge in [0.05, 0.1) is 19.6 Å². The van der Waals surface area contributed by atoms with Gasteiger partial charge in [0.15, 0.2) is 18.0 Å². The molecule has 6 heterocycles. The Kier molecular flexibility index (Phi) is 8.80. The van der Waals surface area contributed by atoms with Crippen LogP contribution in [-0.4, -0.2) is 13.1 Å². The Hall–Kier alpha value is -4.35. The zero-order chi connectivity index (χ0) is 37.5. The van der Waals surface area contributed by atoms with Crippen molar-refractivity contribution in [1.29, 1.82) is 0 Å². The van der Waals surface area contributed by atoms with E-state index in [1.165, 1.54) is 76.9 Å². The molecule has 54 heavy (non-hydrogen) atoms. The summed E-state index contributed by atoms with van der Waals surface area (Å²) in [7, 11) is -1.70. The number of fused-ring (bicyclic) bond motifs is 13. The maximum atomic E-state index is 6.87. The number of pyridine rings is 3. The van der Waals surface area contributed by atoms with Crippen LogP contribution in [0.15, 0.2) is 90.1 Å². The van der Waals surface area contributed by atoms with Crippen molar-refractivity contribution in [2.75, 3.05) is 0 Å². The third kappa shape index (κ3) is 5.80. The highest BCUT2D eigenvalue weighted by atomic mass is 28.3. The number of hydrogen-bond donors (Lipinski definition) is 0. The molecule has 0 radical (unpaired) electrons. The maximum absolute atomic E-state index is 6.87. The van der Waals surface area contributed by atoms with Gasteiger partial charge >= 0.3 is 0 Å². The summed E-state index contributed by atoms with van der Waals surface area (Å²) in [6.07, 6.45) is 14.6. The molecule has 5 heteroatoms. The van der Waals surface area contributed by atoms with E-state index in [-0.39, 0.29) is 12.0 Å². The van der Waals surface area contributed by atoms with Gasteiger partial charge in [0.25, 0.3) is 0 Å². The number of para-hydroxylation sites is 1. The van der Waals surface area contributed by atoms with Crippen LogP contribution in [-0.2, 0) is 12.8 Å². The van der Waals surface area contributed by atoms with E-state index in [1.54, 1.807) is 5.19 Å². The smallest absolute Gasteiger partial charge is 0.249 e. The highest BCUT2D eigenvalue weighted by Gasteiger charge is 2.48. The van der Waals surface area contributed by atoms with Crippen LogP contribution in [0, 0.1) is 18.8 Å². The molecule has 0 N–H and O–H groups in total. The Balaban J connectivity index is 1.33. The van der Waals surface area contributed by atoms with Gasteiger partial charge in [-0.25, -0.2) is 4.98 Å². The number of benzene rings is 2. The van der Waals surface area contributed by atoms with Crippen molar-refractivity contribution < 1.29 is 13.6 Å². The molecule has 1 saturated carbocycles. The second-order valence-corrected chi connectivity index (χ2v) is 23.3. The second kappa shape index (κ2) is 13.4. The van der Waals surface area contributed by atoms with E-state index in [1.807, 2.05) is 0 Å². The quantitative estimate of drug-likeness (QED) is 0.131. The summed E-state index contributed by atoms with van der Waals surface area (Å²) < 4.78 is 12.0. The van der Waals surface area contributed by atoms with Gasteiger partial charge in [0.1, 0.15) is 11.1 Å². The molecule has 1 aliphatic carbocycles. The van der Waals surface area contributed by atoms with Crippen molar-refractivity contribution in [2.24, 2.45) is 11.8 Å². The first-order valence-electron chi connectivity index (χ1n) is 20.7. The highest BCUT2D eigenvalue weighted by Crippen LogP contribution is 2.47. The minimum absolute atomic E-state index is 0.0530. The van der Waals surface area contributed by atoms with Gasteiger partial charge in [-0.3, -0.25) is 0 Å². The van der Waals surface area contributed by atoms with E-state index in [0.717, 1.165) is 52.7 Å². The first kappa shape index (κ1) is 35.4. The molecular formula is C49H57N3OSi+2. The van der Waals surface area contributed by atoms with Crippen molar-refractivity contribution in [3.63, 3.8) is 0 Å². The summed E-state index contributed by atoms with van der Waals surface area (Å²) in [5, 5.41) is 2.65. The third-order valence-electron chi connectivity index (χ3n) is 13.2. The Morgan fingerprint density at radius 2 is 1.67 bits per heavy atom. The number of aromatic nitrogens is 3. The fourth-order valence-electron chi connectivity index (χ4n) is 10.5. The van der Waals surface area contributed by atoms with Gasteiger partial charge in [0.2, 0.25) is 23.1 Å². The van der Waals surface area contributed by atoms with Crippen LogP contribution in [0.5, 0.6) is 0 Å². The van der Waals surface area contributed by atoms with E-state index in [4.69, 9.17) is 16.0 Å². The molecule has 3 atom stereocenters. The van der Waals surface area contributed by atoms with E-state index >= 15 is 0 Å². The van der Waals surface area contributed by atoms with Crippen molar-refractivity contribution in [3.8, 4) is 22.5 Å². The number of allylic oxidation sites excluding steroid dienone is 1. The van der Waals surface area contributed by atoms with Gasteiger partial charge in [-0.05, 0) is 104 Å². The van der Waals surface area contributed by atoms with Gasteiger partial charge in [-0.1, -0.05) is 90.0 Å². The van der Waals surface area contributed by atoms with Crippen LogP contribution >= 0.6 is 0 Å². The zero-order valence-electron chi connectivity index (χ0n) is 33.5. The summed E-state index contributed by atoms with van der Waals surface area (Å²) in [6, 6.07) is 25.2. The van der Waals surface area contributed by atoms with Crippen molar-refractivity contribution in [1.82, 2.24) is 4.98 Å². The molecule has 276 valence electrons. The Labute approximate surface area is 323 Å². The largest absolute Gasteiger partial charge is 0.453 e. The summed E-state index contributed by atoms with van der Waals surface area (Å²) in [4.78, 5) is 5.33. The lowest BCUT2D eigenvalue weighted by atomic mass is 9.77. The first-order chi connectivity index (χ1) is 26.0. The molecule has 3 unspecified atom stereocenters. The van der Waals surface area contributed by atoms with E-state index in [9.17, 15) is 0 Å². The van der Waals surface area contributed by atoms with Crippen LogP contribution in [0.2, 0.25) is 19.6 Å². The molecule has 0 bridgehead atoms. The molecule has 4 aromatic heterocycles. The lowest BCUT2D eigenvalue weighted by Gasteiger charge is -2.31. The van der Waals surface area contributed by atoms with Crippen LogP contribution in [0.25, 0.3) is 50.3 Å². The van der Waals surface area contributed by atoms with Crippen LogP contribution in [0.3, 0.4) is 0 Å². The molecule has 1 fully saturated rings. The van der Waals surface area contributed by atoms with E-state index in [2.05, 4.69) is 136 Å². The fourth-order valence-corrected chi connectivity index (χ4v) is 12.2. The molecule has 0 saturated heterocycles. The summed E-state index contributed by atoms with van der Waals surface area (Å²) in [6.45, 7) is 22.0. The Morgan fingerprint density at radius 3 is 2.44 bits per heavy atom. The predicted octanol–water partition coefficient (Wildman–Crippen LogP) is 11.4. The van der Waals surface area contributed by atoms with Gasteiger partial charge in [-0.2, -0.15) is 9.13 Å². The maximum Gasteiger partial charge on any atom is 0.249 e. The number of hydrogen-bond acceptors (Lipinski definition) is 2. The summed E-state index contributed by atoms with van der Waals surface area (Å²) in [5.41, 5.74) is 15.7. The minimum Gasteiger partial charge on any atom is -0.453 e. The van der Waals surface area contributed by atoms with Gasteiger partial charge < -0.3 is 4.42 Å². The average Bonchev–Trinajstić information content (AvgIpc) is 3.54. The van der Waals surface area contributed by atoms with Crippen molar-refractivity contribution >= 4 is 41.0 Å². The third-order valence-corrected chi connectivity index (χ3v) is 15.3. The van der Waals surface area contributed by atoms with E-state index in [0.29, 0.717) is 17.8 Å². The Bertz CT molecular complexity index is 2440. The molecule has 0 spiro atoms. The fraction of sp³-hybridized carbons (Fsp3) is 0.408. The topological polar surface area (TPSA) is 33.8 Å². The lowest BCUT2D eigenvalue weighted by Crippen LogP contribution is -2.57. The van der Waals surface area contributed by atoms with Crippen molar-refractivity contribution in [2.45, 2.75) is 117 Å². The highest BCUT2D eigenvalue weighted by molar-refractivity contribution is 6.89. The number of aryl methyl sites for hydroxylation is 1. The molecule has 2 aromatic carbocycles.